The normalized spacial score (nSPS) is 12.5. The molecule has 1 unspecified atom stereocenters. The van der Waals surface area contributed by atoms with E-state index < -0.39 is 0 Å². The van der Waals surface area contributed by atoms with Crippen LogP contribution in [0.1, 0.15) is 24.0 Å². The topological polar surface area (TPSA) is 68.0 Å². The molecule has 0 spiro atoms. The average molecular weight is 227 g/mol. The lowest BCUT2D eigenvalue weighted by atomic mass is 10.2. The highest BCUT2D eigenvalue weighted by Gasteiger charge is 2.04. The molecule has 3 N–H and O–H groups in total. The highest BCUT2D eigenvalue weighted by atomic mass is 32.1. The molecule has 1 atom stereocenters. The second kappa shape index (κ2) is 5.82. The number of rotatable bonds is 5. The predicted molar refractivity (Wildman–Crippen MR) is 61.8 cm³/mol. The first-order valence-electron chi connectivity index (χ1n) is 5.01. The summed E-state index contributed by atoms with van der Waals surface area (Å²) < 4.78 is 0. The van der Waals surface area contributed by atoms with Gasteiger partial charge in [0.05, 0.1) is 10.7 Å². The van der Waals surface area contributed by atoms with Crippen molar-refractivity contribution in [3.05, 3.63) is 16.1 Å². The van der Waals surface area contributed by atoms with Gasteiger partial charge in [-0.05, 0) is 13.8 Å². The van der Waals surface area contributed by atoms with Gasteiger partial charge in [0.1, 0.15) is 0 Å². The van der Waals surface area contributed by atoms with Crippen LogP contribution in [-0.2, 0) is 11.2 Å². The van der Waals surface area contributed by atoms with E-state index in [-0.39, 0.29) is 11.9 Å². The zero-order chi connectivity index (χ0) is 11.3. The standard InChI is InChI=1S/C10H17N3OS/c1-7(11)5-10(14)12-4-3-9-6-15-8(2)13-9/h6-7H,3-5,11H2,1-2H3,(H,12,14). The molecule has 0 radical (unpaired) electrons. The summed E-state index contributed by atoms with van der Waals surface area (Å²) in [7, 11) is 0. The molecule has 4 nitrogen and oxygen atoms in total. The minimum atomic E-state index is -0.0773. The minimum Gasteiger partial charge on any atom is -0.356 e. The first kappa shape index (κ1) is 12.1. The van der Waals surface area contributed by atoms with Crippen molar-refractivity contribution in [1.29, 1.82) is 0 Å². The molecule has 1 amide bonds. The second-order valence-electron chi connectivity index (χ2n) is 3.64. The summed E-state index contributed by atoms with van der Waals surface area (Å²) in [5.41, 5.74) is 6.55. The lowest BCUT2D eigenvalue weighted by Gasteiger charge is -2.05. The maximum absolute atomic E-state index is 11.2. The van der Waals surface area contributed by atoms with Crippen LogP contribution in [0.3, 0.4) is 0 Å². The number of hydrogen-bond acceptors (Lipinski definition) is 4. The van der Waals surface area contributed by atoms with Gasteiger partial charge in [0.15, 0.2) is 0 Å². The van der Waals surface area contributed by atoms with E-state index in [1.165, 1.54) is 0 Å². The van der Waals surface area contributed by atoms with Gasteiger partial charge in [0.25, 0.3) is 0 Å². The van der Waals surface area contributed by atoms with Crippen molar-refractivity contribution in [2.75, 3.05) is 6.54 Å². The van der Waals surface area contributed by atoms with Gasteiger partial charge in [0.2, 0.25) is 5.91 Å². The van der Waals surface area contributed by atoms with Gasteiger partial charge < -0.3 is 11.1 Å². The third-order valence-electron chi connectivity index (χ3n) is 1.88. The molecule has 0 bridgehead atoms. The quantitative estimate of drug-likeness (QED) is 0.783. The lowest BCUT2D eigenvalue weighted by molar-refractivity contribution is -0.121. The maximum Gasteiger partial charge on any atom is 0.221 e. The van der Waals surface area contributed by atoms with Crippen molar-refractivity contribution >= 4 is 17.2 Å². The van der Waals surface area contributed by atoms with E-state index >= 15 is 0 Å². The van der Waals surface area contributed by atoms with Crippen molar-refractivity contribution in [2.45, 2.75) is 32.7 Å². The van der Waals surface area contributed by atoms with Gasteiger partial charge >= 0.3 is 0 Å². The molecule has 15 heavy (non-hydrogen) atoms. The summed E-state index contributed by atoms with van der Waals surface area (Å²) >= 11 is 1.63. The van der Waals surface area contributed by atoms with E-state index in [9.17, 15) is 4.79 Å². The monoisotopic (exact) mass is 227 g/mol. The SMILES string of the molecule is Cc1nc(CCNC(=O)CC(C)N)cs1. The lowest BCUT2D eigenvalue weighted by Crippen LogP contribution is -2.31. The van der Waals surface area contributed by atoms with E-state index in [0.29, 0.717) is 13.0 Å². The molecule has 1 aromatic rings. The van der Waals surface area contributed by atoms with Crippen LogP contribution in [-0.4, -0.2) is 23.5 Å². The molecule has 0 fully saturated rings. The van der Waals surface area contributed by atoms with Crippen LogP contribution < -0.4 is 11.1 Å². The fourth-order valence-electron chi connectivity index (χ4n) is 1.22. The molecule has 0 aliphatic rings. The van der Waals surface area contributed by atoms with Crippen LogP contribution in [0.5, 0.6) is 0 Å². The van der Waals surface area contributed by atoms with Crippen LogP contribution >= 0.6 is 11.3 Å². The Hall–Kier alpha value is -0.940. The van der Waals surface area contributed by atoms with Crippen molar-refractivity contribution < 1.29 is 4.79 Å². The number of amides is 1. The van der Waals surface area contributed by atoms with E-state index in [0.717, 1.165) is 17.1 Å². The van der Waals surface area contributed by atoms with E-state index in [1.54, 1.807) is 11.3 Å². The van der Waals surface area contributed by atoms with Gasteiger partial charge in [0, 0.05) is 30.8 Å². The van der Waals surface area contributed by atoms with Crippen molar-refractivity contribution in [1.82, 2.24) is 10.3 Å². The molecule has 0 aliphatic carbocycles. The number of aromatic nitrogens is 1. The van der Waals surface area contributed by atoms with E-state index in [2.05, 4.69) is 10.3 Å². The zero-order valence-corrected chi connectivity index (χ0v) is 9.93. The number of carbonyl (C=O) groups is 1. The van der Waals surface area contributed by atoms with Crippen LogP contribution in [0.25, 0.3) is 0 Å². The third kappa shape index (κ3) is 4.90. The summed E-state index contributed by atoms with van der Waals surface area (Å²) in [6.07, 6.45) is 1.17. The van der Waals surface area contributed by atoms with Gasteiger partial charge in [-0.3, -0.25) is 4.79 Å². The first-order chi connectivity index (χ1) is 7.08. The van der Waals surface area contributed by atoms with Crippen LogP contribution in [0.2, 0.25) is 0 Å². The van der Waals surface area contributed by atoms with Gasteiger partial charge in [-0.1, -0.05) is 0 Å². The van der Waals surface area contributed by atoms with Crippen LogP contribution in [0, 0.1) is 6.92 Å². The Morgan fingerprint density at radius 1 is 1.73 bits per heavy atom. The predicted octanol–water partition coefficient (Wildman–Crippen LogP) is 0.848. The van der Waals surface area contributed by atoms with Gasteiger partial charge in [-0.15, -0.1) is 11.3 Å². The molecule has 1 rings (SSSR count). The number of nitrogens with two attached hydrogens (primary N) is 1. The molecule has 0 aliphatic heterocycles. The first-order valence-corrected chi connectivity index (χ1v) is 5.89. The molecular formula is C10H17N3OS. The fourth-order valence-corrected chi connectivity index (χ4v) is 1.86. The Bertz CT molecular complexity index is 322. The van der Waals surface area contributed by atoms with Crippen LogP contribution in [0.15, 0.2) is 5.38 Å². The molecule has 84 valence electrons. The second-order valence-corrected chi connectivity index (χ2v) is 4.70. The molecular weight excluding hydrogens is 210 g/mol. The highest BCUT2D eigenvalue weighted by Crippen LogP contribution is 2.07. The molecule has 1 aromatic heterocycles. The number of nitrogens with zero attached hydrogens (tertiary/aromatic N) is 1. The molecule has 0 saturated heterocycles. The van der Waals surface area contributed by atoms with Crippen molar-refractivity contribution in [2.24, 2.45) is 5.73 Å². The zero-order valence-electron chi connectivity index (χ0n) is 9.12. The minimum absolute atomic E-state index is 0.0111. The third-order valence-corrected chi connectivity index (χ3v) is 2.70. The summed E-state index contributed by atoms with van der Waals surface area (Å²) in [6.45, 7) is 4.43. The number of thiazole rings is 1. The van der Waals surface area contributed by atoms with Gasteiger partial charge in [-0.25, -0.2) is 4.98 Å². The maximum atomic E-state index is 11.2. The Morgan fingerprint density at radius 3 is 3.00 bits per heavy atom. The molecule has 1 heterocycles. The van der Waals surface area contributed by atoms with Crippen molar-refractivity contribution in [3.8, 4) is 0 Å². The Balaban J connectivity index is 2.19. The average Bonchev–Trinajstić information content (AvgIpc) is 2.50. The summed E-state index contributed by atoms with van der Waals surface area (Å²) in [6, 6.07) is -0.0773. The largest absolute Gasteiger partial charge is 0.356 e. The Kier molecular flexibility index (Phi) is 4.71. The van der Waals surface area contributed by atoms with Gasteiger partial charge in [-0.2, -0.15) is 0 Å². The molecule has 0 saturated carbocycles. The van der Waals surface area contributed by atoms with E-state index in [1.807, 2.05) is 19.2 Å². The fraction of sp³-hybridized carbons (Fsp3) is 0.600. The Morgan fingerprint density at radius 2 is 2.47 bits per heavy atom. The smallest absolute Gasteiger partial charge is 0.221 e. The van der Waals surface area contributed by atoms with Crippen molar-refractivity contribution in [3.63, 3.8) is 0 Å². The number of hydrogen-bond donors (Lipinski definition) is 2. The summed E-state index contributed by atoms with van der Waals surface area (Å²) in [5, 5.41) is 5.90. The highest BCUT2D eigenvalue weighted by molar-refractivity contribution is 7.09. The Labute approximate surface area is 93.9 Å². The number of aryl methyl sites for hydroxylation is 1. The molecule has 0 aromatic carbocycles. The van der Waals surface area contributed by atoms with Crippen LogP contribution in [0.4, 0.5) is 0 Å². The summed E-state index contributed by atoms with van der Waals surface area (Å²) in [5.74, 6) is 0.0111. The number of nitrogens with one attached hydrogen (secondary N) is 1. The molecule has 5 heteroatoms. The number of carbonyl (C=O) groups excluding carboxylic acids is 1. The summed E-state index contributed by atoms with van der Waals surface area (Å²) in [4.78, 5) is 15.6. The van der Waals surface area contributed by atoms with E-state index in [4.69, 9.17) is 5.73 Å².